The maximum absolute atomic E-state index is 11.7. The fourth-order valence-corrected chi connectivity index (χ4v) is 2.41. The quantitative estimate of drug-likeness (QED) is 0.769. The van der Waals surface area contributed by atoms with E-state index >= 15 is 0 Å². The first kappa shape index (κ1) is 17.3. The minimum Gasteiger partial charge on any atom is -0.484 e. The van der Waals surface area contributed by atoms with Crippen molar-refractivity contribution in [2.45, 2.75) is 6.42 Å². The van der Waals surface area contributed by atoms with Gasteiger partial charge >= 0.3 is 0 Å². The number of nitrogens with one attached hydrogen (secondary N) is 1. The van der Waals surface area contributed by atoms with Gasteiger partial charge in [-0.2, -0.15) is 0 Å². The van der Waals surface area contributed by atoms with Crippen LogP contribution in [0.4, 0.5) is 0 Å². The molecule has 0 atom stereocenters. The van der Waals surface area contributed by atoms with Gasteiger partial charge in [-0.1, -0.05) is 23.2 Å². The van der Waals surface area contributed by atoms with Crippen LogP contribution < -0.4 is 10.1 Å². The molecule has 1 amide bonds. The van der Waals surface area contributed by atoms with Crippen molar-refractivity contribution in [2.24, 2.45) is 0 Å². The van der Waals surface area contributed by atoms with Crippen molar-refractivity contribution in [3.63, 3.8) is 0 Å². The van der Waals surface area contributed by atoms with Crippen LogP contribution in [0, 0.1) is 0 Å². The van der Waals surface area contributed by atoms with Gasteiger partial charge in [0, 0.05) is 25.7 Å². The molecule has 1 fully saturated rings. The SMILES string of the molecule is O=C(COc1ccc(Cl)c(Cl)c1)NCCCN1CCOCC1. The molecule has 1 saturated heterocycles. The summed E-state index contributed by atoms with van der Waals surface area (Å²) in [4.78, 5) is 14.0. The third-order valence-electron chi connectivity index (χ3n) is 3.34. The van der Waals surface area contributed by atoms with E-state index in [0.717, 1.165) is 39.3 Å². The van der Waals surface area contributed by atoms with Crippen molar-refractivity contribution in [2.75, 3.05) is 46.0 Å². The van der Waals surface area contributed by atoms with Gasteiger partial charge in [0.15, 0.2) is 6.61 Å². The molecule has 7 heteroatoms. The zero-order chi connectivity index (χ0) is 15.8. The van der Waals surface area contributed by atoms with E-state index in [1.54, 1.807) is 18.2 Å². The van der Waals surface area contributed by atoms with Gasteiger partial charge < -0.3 is 14.8 Å². The number of morpholine rings is 1. The minimum absolute atomic E-state index is 0.0322. The van der Waals surface area contributed by atoms with Gasteiger partial charge in [0.2, 0.25) is 0 Å². The molecular formula is C15H20Cl2N2O3. The number of hydrogen-bond donors (Lipinski definition) is 1. The Hall–Kier alpha value is -1.01. The molecule has 22 heavy (non-hydrogen) atoms. The number of carbonyl (C=O) groups is 1. The van der Waals surface area contributed by atoms with E-state index in [2.05, 4.69) is 10.2 Å². The fraction of sp³-hybridized carbons (Fsp3) is 0.533. The molecule has 2 rings (SSSR count). The number of amides is 1. The van der Waals surface area contributed by atoms with E-state index in [1.165, 1.54) is 0 Å². The molecule has 0 spiro atoms. The first-order valence-electron chi connectivity index (χ1n) is 7.30. The van der Waals surface area contributed by atoms with Crippen molar-refractivity contribution >= 4 is 29.1 Å². The van der Waals surface area contributed by atoms with Crippen LogP contribution in [0.2, 0.25) is 10.0 Å². The van der Waals surface area contributed by atoms with E-state index in [9.17, 15) is 4.79 Å². The van der Waals surface area contributed by atoms with Crippen molar-refractivity contribution in [3.8, 4) is 5.75 Å². The summed E-state index contributed by atoms with van der Waals surface area (Å²) in [5, 5.41) is 3.70. The lowest BCUT2D eigenvalue weighted by atomic mass is 10.3. The Morgan fingerprint density at radius 2 is 2.05 bits per heavy atom. The third-order valence-corrected chi connectivity index (χ3v) is 4.08. The van der Waals surface area contributed by atoms with Gasteiger partial charge in [-0.05, 0) is 25.1 Å². The predicted octanol–water partition coefficient (Wildman–Crippen LogP) is 2.21. The van der Waals surface area contributed by atoms with Gasteiger partial charge in [-0.25, -0.2) is 0 Å². The Morgan fingerprint density at radius 1 is 1.27 bits per heavy atom. The Labute approximate surface area is 140 Å². The second kappa shape index (κ2) is 9.20. The van der Waals surface area contributed by atoms with Crippen molar-refractivity contribution < 1.29 is 14.3 Å². The fourth-order valence-electron chi connectivity index (χ4n) is 2.12. The van der Waals surface area contributed by atoms with E-state index in [-0.39, 0.29) is 12.5 Å². The smallest absolute Gasteiger partial charge is 0.257 e. The topological polar surface area (TPSA) is 50.8 Å². The molecular weight excluding hydrogens is 327 g/mol. The van der Waals surface area contributed by atoms with E-state index in [0.29, 0.717) is 22.3 Å². The molecule has 0 unspecified atom stereocenters. The molecule has 1 aromatic rings. The zero-order valence-corrected chi connectivity index (χ0v) is 13.8. The molecule has 0 radical (unpaired) electrons. The van der Waals surface area contributed by atoms with Crippen LogP contribution in [0.25, 0.3) is 0 Å². The number of hydrogen-bond acceptors (Lipinski definition) is 4. The zero-order valence-electron chi connectivity index (χ0n) is 12.3. The third kappa shape index (κ3) is 6.01. The molecule has 1 aliphatic heterocycles. The summed E-state index contributed by atoms with van der Waals surface area (Å²) >= 11 is 11.7. The summed E-state index contributed by atoms with van der Waals surface area (Å²) in [7, 11) is 0. The van der Waals surface area contributed by atoms with Crippen molar-refractivity contribution in [1.82, 2.24) is 10.2 Å². The average Bonchev–Trinajstić information content (AvgIpc) is 2.54. The largest absolute Gasteiger partial charge is 0.484 e. The molecule has 0 aliphatic carbocycles. The summed E-state index contributed by atoms with van der Waals surface area (Å²) in [6, 6.07) is 4.91. The summed E-state index contributed by atoms with van der Waals surface area (Å²) in [6.45, 7) is 5.10. The Bertz CT molecular complexity index is 494. The number of ether oxygens (including phenoxy) is 2. The molecule has 1 heterocycles. The maximum Gasteiger partial charge on any atom is 0.257 e. The summed E-state index contributed by atoms with van der Waals surface area (Å²) in [5.41, 5.74) is 0. The summed E-state index contributed by atoms with van der Waals surface area (Å²) in [5.74, 6) is 0.380. The van der Waals surface area contributed by atoms with Crippen LogP contribution >= 0.6 is 23.2 Å². The molecule has 1 aromatic carbocycles. The van der Waals surface area contributed by atoms with E-state index in [1.807, 2.05) is 0 Å². The number of rotatable bonds is 7. The van der Waals surface area contributed by atoms with Crippen molar-refractivity contribution in [3.05, 3.63) is 28.2 Å². The van der Waals surface area contributed by atoms with Crippen LogP contribution in [-0.4, -0.2) is 56.8 Å². The lowest BCUT2D eigenvalue weighted by Gasteiger charge is -2.26. The van der Waals surface area contributed by atoms with Crippen LogP contribution in [0.3, 0.4) is 0 Å². The number of nitrogens with zero attached hydrogens (tertiary/aromatic N) is 1. The van der Waals surface area contributed by atoms with E-state index < -0.39 is 0 Å². The van der Waals surface area contributed by atoms with Crippen LogP contribution in [0.1, 0.15) is 6.42 Å². The van der Waals surface area contributed by atoms with Crippen molar-refractivity contribution in [1.29, 1.82) is 0 Å². The summed E-state index contributed by atoms with van der Waals surface area (Å²) in [6.07, 6.45) is 0.915. The highest BCUT2D eigenvalue weighted by Crippen LogP contribution is 2.26. The van der Waals surface area contributed by atoms with Crippen LogP contribution in [-0.2, 0) is 9.53 Å². The van der Waals surface area contributed by atoms with Gasteiger partial charge in [0.1, 0.15) is 5.75 Å². The second-order valence-electron chi connectivity index (χ2n) is 5.02. The number of benzene rings is 1. The lowest BCUT2D eigenvalue weighted by molar-refractivity contribution is -0.123. The van der Waals surface area contributed by atoms with Gasteiger partial charge in [-0.15, -0.1) is 0 Å². The van der Waals surface area contributed by atoms with E-state index in [4.69, 9.17) is 32.7 Å². The molecule has 5 nitrogen and oxygen atoms in total. The van der Waals surface area contributed by atoms with Gasteiger partial charge in [0.05, 0.1) is 23.3 Å². The molecule has 0 saturated carbocycles. The number of halogens is 2. The maximum atomic E-state index is 11.7. The molecule has 122 valence electrons. The van der Waals surface area contributed by atoms with Crippen LogP contribution in [0.5, 0.6) is 5.75 Å². The monoisotopic (exact) mass is 346 g/mol. The Balaban J connectivity index is 1.58. The summed E-state index contributed by atoms with van der Waals surface area (Å²) < 4.78 is 10.7. The highest BCUT2D eigenvalue weighted by atomic mass is 35.5. The highest BCUT2D eigenvalue weighted by Gasteiger charge is 2.09. The Morgan fingerprint density at radius 3 is 2.77 bits per heavy atom. The molecule has 1 aliphatic rings. The average molecular weight is 347 g/mol. The number of carbonyl (C=O) groups excluding carboxylic acids is 1. The van der Waals surface area contributed by atoms with Gasteiger partial charge in [-0.3, -0.25) is 9.69 Å². The van der Waals surface area contributed by atoms with Crippen LogP contribution in [0.15, 0.2) is 18.2 Å². The predicted molar refractivity (Wildman–Crippen MR) is 86.8 cm³/mol. The Kier molecular flexibility index (Phi) is 7.25. The molecule has 0 bridgehead atoms. The first-order chi connectivity index (χ1) is 10.6. The minimum atomic E-state index is -0.145. The van der Waals surface area contributed by atoms with Gasteiger partial charge in [0.25, 0.3) is 5.91 Å². The second-order valence-corrected chi connectivity index (χ2v) is 5.84. The standard InChI is InChI=1S/C15H20Cl2N2O3/c16-13-3-2-12(10-14(13)17)22-11-15(20)18-4-1-5-19-6-8-21-9-7-19/h2-3,10H,1,4-9,11H2,(H,18,20). The normalized spacial score (nSPS) is 15.5. The lowest BCUT2D eigenvalue weighted by Crippen LogP contribution is -2.38. The first-order valence-corrected chi connectivity index (χ1v) is 8.05. The highest BCUT2D eigenvalue weighted by molar-refractivity contribution is 6.42. The molecule has 1 N–H and O–H groups in total. The molecule has 0 aromatic heterocycles.